The first kappa shape index (κ1) is 12.1. The van der Waals surface area contributed by atoms with E-state index in [1.807, 2.05) is 20.2 Å². The second-order valence-electron chi connectivity index (χ2n) is 4.74. The highest BCUT2D eigenvalue weighted by Crippen LogP contribution is 2.44. The first-order valence-corrected chi connectivity index (χ1v) is 6.45. The average Bonchev–Trinajstić information content (AvgIpc) is 2.85. The number of rotatable bonds is 3. The van der Waals surface area contributed by atoms with Gasteiger partial charge in [0.15, 0.2) is 0 Å². The molecule has 1 aromatic heterocycles. The predicted octanol–water partition coefficient (Wildman–Crippen LogP) is 2.95. The number of aliphatic hydroxyl groups excluding tert-OH is 1. The highest BCUT2D eigenvalue weighted by Gasteiger charge is 2.45. The molecule has 1 saturated carbocycles. The zero-order chi connectivity index (χ0) is 11.8. The van der Waals surface area contributed by atoms with E-state index in [0.29, 0.717) is 5.76 Å². The van der Waals surface area contributed by atoms with Gasteiger partial charge in [0.25, 0.3) is 0 Å². The normalized spacial score (nSPS) is 21.6. The maximum absolute atomic E-state index is 10.5. The number of likely N-dealkylation sites (N-methyl/N-ethyl adjacent to an activating group) is 1. The molecule has 1 fully saturated rings. The Bertz CT molecular complexity index is 356. The van der Waals surface area contributed by atoms with Gasteiger partial charge in [-0.25, -0.2) is 0 Å². The molecule has 1 N–H and O–H groups in total. The SMILES string of the molecule is CN(C)C1(C(O)c2occc2Br)CCCC1. The fraction of sp³-hybridized carbons (Fsp3) is 0.667. The lowest BCUT2D eigenvalue weighted by atomic mass is 9.87. The molecule has 0 saturated heterocycles. The largest absolute Gasteiger partial charge is 0.465 e. The van der Waals surface area contributed by atoms with Crippen molar-refractivity contribution in [2.24, 2.45) is 0 Å². The Morgan fingerprint density at radius 1 is 1.44 bits per heavy atom. The maximum atomic E-state index is 10.5. The van der Waals surface area contributed by atoms with Crippen LogP contribution in [0.3, 0.4) is 0 Å². The lowest BCUT2D eigenvalue weighted by molar-refractivity contribution is -0.0176. The Labute approximate surface area is 105 Å². The van der Waals surface area contributed by atoms with Crippen molar-refractivity contribution in [3.05, 3.63) is 22.6 Å². The third kappa shape index (κ3) is 1.83. The first-order valence-electron chi connectivity index (χ1n) is 5.66. The van der Waals surface area contributed by atoms with Gasteiger partial charge >= 0.3 is 0 Å². The maximum Gasteiger partial charge on any atom is 0.148 e. The Balaban J connectivity index is 2.31. The summed E-state index contributed by atoms with van der Waals surface area (Å²) in [6.07, 6.45) is 5.44. The summed E-state index contributed by atoms with van der Waals surface area (Å²) in [6.45, 7) is 0. The molecule has 1 aliphatic carbocycles. The summed E-state index contributed by atoms with van der Waals surface area (Å²) in [5.41, 5.74) is -0.166. The molecule has 0 amide bonds. The van der Waals surface area contributed by atoms with Crippen molar-refractivity contribution in [3.8, 4) is 0 Å². The van der Waals surface area contributed by atoms with Gasteiger partial charge < -0.3 is 14.4 Å². The molecule has 1 aliphatic rings. The molecule has 3 nitrogen and oxygen atoms in total. The molecule has 1 heterocycles. The average molecular weight is 288 g/mol. The summed E-state index contributed by atoms with van der Waals surface area (Å²) < 4.78 is 6.24. The second kappa shape index (κ2) is 4.51. The number of aliphatic hydroxyl groups is 1. The van der Waals surface area contributed by atoms with Crippen molar-refractivity contribution in [1.82, 2.24) is 4.90 Å². The van der Waals surface area contributed by atoms with E-state index in [0.717, 1.165) is 17.3 Å². The molecule has 1 unspecified atom stereocenters. The van der Waals surface area contributed by atoms with Crippen LogP contribution in [0.1, 0.15) is 37.5 Å². The van der Waals surface area contributed by atoms with Gasteiger partial charge in [-0.3, -0.25) is 0 Å². The fourth-order valence-electron chi connectivity index (χ4n) is 2.70. The van der Waals surface area contributed by atoms with Crippen molar-refractivity contribution in [2.45, 2.75) is 37.3 Å². The lowest BCUT2D eigenvalue weighted by Crippen LogP contribution is -2.47. The van der Waals surface area contributed by atoms with Gasteiger partial charge in [0.1, 0.15) is 11.9 Å². The molecule has 0 aliphatic heterocycles. The summed E-state index contributed by atoms with van der Waals surface area (Å²) in [5.74, 6) is 0.649. The number of nitrogens with zero attached hydrogens (tertiary/aromatic N) is 1. The molecule has 4 heteroatoms. The van der Waals surface area contributed by atoms with Crippen LogP contribution in [0.25, 0.3) is 0 Å². The Kier molecular flexibility index (Phi) is 3.42. The second-order valence-corrected chi connectivity index (χ2v) is 5.59. The van der Waals surface area contributed by atoms with Crippen LogP contribution in [-0.4, -0.2) is 29.6 Å². The van der Waals surface area contributed by atoms with Gasteiger partial charge in [0.2, 0.25) is 0 Å². The van der Waals surface area contributed by atoms with Crippen molar-refractivity contribution in [1.29, 1.82) is 0 Å². The van der Waals surface area contributed by atoms with E-state index in [1.165, 1.54) is 12.8 Å². The van der Waals surface area contributed by atoms with E-state index in [1.54, 1.807) is 6.26 Å². The molecule has 0 radical (unpaired) electrons. The summed E-state index contributed by atoms with van der Waals surface area (Å²) >= 11 is 3.41. The topological polar surface area (TPSA) is 36.6 Å². The van der Waals surface area contributed by atoms with Gasteiger partial charge in [-0.1, -0.05) is 12.8 Å². The van der Waals surface area contributed by atoms with Crippen LogP contribution in [-0.2, 0) is 0 Å². The van der Waals surface area contributed by atoms with Gasteiger partial charge in [-0.2, -0.15) is 0 Å². The van der Waals surface area contributed by atoms with Gasteiger partial charge in [-0.05, 0) is 48.9 Å². The van der Waals surface area contributed by atoms with Crippen LogP contribution in [0.5, 0.6) is 0 Å². The summed E-state index contributed by atoms with van der Waals surface area (Å²) in [7, 11) is 4.07. The van der Waals surface area contributed by atoms with Crippen LogP contribution >= 0.6 is 15.9 Å². The van der Waals surface area contributed by atoms with Crippen molar-refractivity contribution in [3.63, 3.8) is 0 Å². The third-order valence-corrected chi connectivity index (χ3v) is 4.42. The molecular weight excluding hydrogens is 270 g/mol. The van der Waals surface area contributed by atoms with E-state index < -0.39 is 6.10 Å². The molecule has 0 bridgehead atoms. The smallest absolute Gasteiger partial charge is 0.148 e. The zero-order valence-corrected chi connectivity index (χ0v) is 11.3. The van der Waals surface area contributed by atoms with Crippen LogP contribution in [0.15, 0.2) is 21.2 Å². The molecule has 0 spiro atoms. The van der Waals surface area contributed by atoms with Crippen molar-refractivity contribution < 1.29 is 9.52 Å². The number of halogens is 1. The van der Waals surface area contributed by atoms with E-state index in [9.17, 15) is 5.11 Å². The van der Waals surface area contributed by atoms with Crippen LogP contribution in [0.2, 0.25) is 0 Å². The molecular formula is C12H18BrNO2. The van der Waals surface area contributed by atoms with Gasteiger partial charge in [-0.15, -0.1) is 0 Å². The Morgan fingerprint density at radius 3 is 2.50 bits per heavy atom. The minimum atomic E-state index is -0.561. The zero-order valence-electron chi connectivity index (χ0n) is 9.74. The fourth-order valence-corrected chi connectivity index (χ4v) is 3.12. The van der Waals surface area contributed by atoms with Crippen LogP contribution in [0, 0.1) is 0 Å². The number of hydrogen-bond acceptors (Lipinski definition) is 3. The van der Waals surface area contributed by atoms with Gasteiger partial charge in [0, 0.05) is 0 Å². The molecule has 2 rings (SSSR count). The summed E-state index contributed by atoms with van der Waals surface area (Å²) in [5, 5.41) is 10.5. The summed E-state index contributed by atoms with van der Waals surface area (Å²) in [4.78, 5) is 2.14. The highest BCUT2D eigenvalue weighted by atomic mass is 79.9. The third-order valence-electron chi connectivity index (χ3n) is 3.76. The van der Waals surface area contributed by atoms with E-state index in [4.69, 9.17) is 4.42 Å². The van der Waals surface area contributed by atoms with E-state index in [-0.39, 0.29) is 5.54 Å². The van der Waals surface area contributed by atoms with Crippen LogP contribution < -0.4 is 0 Å². The number of hydrogen-bond donors (Lipinski definition) is 1. The monoisotopic (exact) mass is 287 g/mol. The quantitative estimate of drug-likeness (QED) is 0.929. The molecule has 16 heavy (non-hydrogen) atoms. The molecule has 0 aromatic carbocycles. The van der Waals surface area contributed by atoms with E-state index in [2.05, 4.69) is 20.8 Å². The molecule has 1 atom stereocenters. The lowest BCUT2D eigenvalue weighted by Gasteiger charge is -2.39. The standard InChI is InChI=1S/C12H18BrNO2/c1-14(2)12(6-3-4-7-12)11(15)10-9(13)5-8-16-10/h5,8,11,15H,3-4,6-7H2,1-2H3. The van der Waals surface area contributed by atoms with Crippen molar-refractivity contribution in [2.75, 3.05) is 14.1 Å². The molecule has 1 aromatic rings. The Morgan fingerprint density at radius 2 is 2.06 bits per heavy atom. The van der Waals surface area contributed by atoms with E-state index >= 15 is 0 Å². The van der Waals surface area contributed by atoms with Gasteiger partial charge in [0.05, 0.1) is 16.3 Å². The first-order chi connectivity index (χ1) is 7.58. The van der Waals surface area contributed by atoms with Crippen molar-refractivity contribution >= 4 is 15.9 Å². The Hall–Kier alpha value is -0.320. The van der Waals surface area contributed by atoms with Crippen LogP contribution in [0.4, 0.5) is 0 Å². The molecule has 90 valence electrons. The minimum Gasteiger partial charge on any atom is -0.465 e. The summed E-state index contributed by atoms with van der Waals surface area (Å²) in [6, 6.07) is 1.83. The highest BCUT2D eigenvalue weighted by molar-refractivity contribution is 9.10. The predicted molar refractivity (Wildman–Crippen MR) is 66.3 cm³/mol. The minimum absolute atomic E-state index is 0.166. The number of furan rings is 1.